The number of nitrogens with zero attached hydrogens (tertiary/aromatic N) is 1. The molecular weight excluding hydrogens is 288 g/mol. The molecule has 1 aliphatic carbocycles. The maximum absolute atomic E-state index is 12.1. The summed E-state index contributed by atoms with van der Waals surface area (Å²) in [4.78, 5) is 16.3. The van der Waals surface area contributed by atoms with Crippen molar-refractivity contribution < 1.29 is 9.53 Å². The lowest BCUT2D eigenvalue weighted by molar-refractivity contribution is 0.0482. The Morgan fingerprint density at radius 2 is 2.13 bits per heavy atom. The summed E-state index contributed by atoms with van der Waals surface area (Å²) in [5, 5.41) is 3.12. The zero-order chi connectivity index (χ0) is 16.7. The van der Waals surface area contributed by atoms with Crippen LogP contribution in [0.15, 0.2) is 24.5 Å². The number of hydrogen-bond acceptors (Lipinski definition) is 3. The molecule has 2 rings (SSSR count). The fourth-order valence-corrected chi connectivity index (χ4v) is 3.32. The van der Waals surface area contributed by atoms with Gasteiger partial charge < -0.3 is 10.1 Å². The first kappa shape index (κ1) is 17.8. The Kier molecular flexibility index (Phi) is 6.43. The summed E-state index contributed by atoms with van der Waals surface area (Å²) >= 11 is 0. The van der Waals surface area contributed by atoms with Crippen LogP contribution in [0, 0.1) is 5.92 Å². The van der Waals surface area contributed by atoms with E-state index in [0.717, 1.165) is 19.3 Å². The monoisotopic (exact) mass is 318 g/mol. The number of carbonyl (C=O) groups is 1. The van der Waals surface area contributed by atoms with E-state index in [2.05, 4.69) is 16.4 Å². The van der Waals surface area contributed by atoms with Gasteiger partial charge in [-0.15, -0.1) is 0 Å². The van der Waals surface area contributed by atoms with E-state index in [1.807, 2.05) is 33.0 Å². The van der Waals surface area contributed by atoms with Crippen LogP contribution >= 0.6 is 0 Å². The van der Waals surface area contributed by atoms with E-state index in [9.17, 15) is 4.79 Å². The highest BCUT2D eigenvalue weighted by molar-refractivity contribution is 5.68. The normalized spacial score (nSPS) is 17.0. The summed E-state index contributed by atoms with van der Waals surface area (Å²) < 4.78 is 5.43. The van der Waals surface area contributed by atoms with Crippen molar-refractivity contribution >= 4 is 6.09 Å². The third-order valence-corrected chi connectivity index (χ3v) is 4.37. The van der Waals surface area contributed by atoms with Crippen LogP contribution in [0.1, 0.15) is 64.9 Å². The van der Waals surface area contributed by atoms with Crippen LogP contribution < -0.4 is 5.32 Å². The van der Waals surface area contributed by atoms with Gasteiger partial charge in [0.15, 0.2) is 0 Å². The fourth-order valence-electron chi connectivity index (χ4n) is 3.32. The first-order valence-electron chi connectivity index (χ1n) is 8.82. The molecule has 1 aliphatic rings. The molecule has 0 radical (unpaired) electrons. The number of amides is 1. The van der Waals surface area contributed by atoms with Gasteiger partial charge in [0.1, 0.15) is 5.60 Å². The lowest BCUT2D eigenvalue weighted by Gasteiger charge is -2.27. The minimum atomic E-state index is -0.444. The topological polar surface area (TPSA) is 51.2 Å². The zero-order valence-electron chi connectivity index (χ0n) is 14.7. The first-order valence-corrected chi connectivity index (χ1v) is 8.82. The van der Waals surface area contributed by atoms with Crippen molar-refractivity contribution in [1.82, 2.24) is 10.3 Å². The van der Waals surface area contributed by atoms with E-state index < -0.39 is 5.60 Å². The van der Waals surface area contributed by atoms with E-state index in [1.54, 1.807) is 6.20 Å². The number of hydrogen-bond donors (Lipinski definition) is 1. The highest BCUT2D eigenvalue weighted by Crippen LogP contribution is 2.30. The van der Waals surface area contributed by atoms with Gasteiger partial charge in [-0.25, -0.2) is 4.79 Å². The van der Waals surface area contributed by atoms with E-state index >= 15 is 0 Å². The Bertz CT molecular complexity index is 476. The predicted molar refractivity (Wildman–Crippen MR) is 92.3 cm³/mol. The highest BCUT2D eigenvalue weighted by atomic mass is 16.6. The molecule has 1 aromatic rings. The maximum Gasteiger partial charge on any atom is 0.407 e. The molecule has 128 valence electrons. The average molecular weight is 318 g/mol. The van der Waals surface area contributed by atoms with Crippen LogP contribution in [0.3, 0.4) is 0 Å². The van der Waals surface area contributed by atoms with Gasteiger partial charge in [0.05, 0.1) is 0 Å². The lowest BCUT2D eigenvalue weighted by atomic mass is 9.93. The third-order valence-electron chi connectivity index (χ3n) is 4.37. The third kappa shape index (κ3) is 6.59. The summed E-state index contributed by atoms with van der Waals surface area (Å²) in [7, 11) is 0. The van der Waals surface area contributed by atoms with Crippen LogP contribution in [-0.2, 0) is 11.2 Å². The van der Waals surface area contributed by atoms with E-state index in [4.69, 9.17) is 4.74 Å². The number of nitrogens with one attached hydrogen (secondary N) is 1. The summed E-state index contributed by atoms with van der Waals surface area (Å²) in [6, 6.07) is 4.31. The minimum absolute atomic E-state index is 0.226. The van der Waals surface area contributed by atoms with Crippen LogP contribution in [0.25, 0.3) is 0 Å². The lowest BCUT2D eigenvalue weighted by Crippen LogP contribution is -2.42. The molecule has 0 bridgehead atoms. The van der Waals surface area contributed by atoms with Crippen molar-refractivity contribution in [1.29, 1.82) is 0 Å². The van der Waals surface area contributed by atoms with Crippen molar-refractivity contribution in [2.24, 2.45) is 5.92 Å². The SMILES string of the molecule is CC(C)(C)OC(=O)NC(CCCc1cccnc1)C1CCCC1. The molecule has 1 amide bonds. The van der Waals surface area contributed by atoms with Gasteiger partial charge in [0.2, 0.25) is 0 Å². The van der Waals surface area contributed by atoms with Gasteiger partial charge in [0, 0.05) is 18.4 Å². The molecule has 0 aliphatic heterocycles. The summed E-state index contributed by atoms with van der Waals surface area (Å²) in [6.45, 7) is 5.71. The van der Waals surface area contributed by atoms with Gasteiger partial charge in [-0.05, 0) is 70.4 Å². The Balaban J connectivity index is 1.85. The van der Waals surface area contributed by atoms with Gasteiger partial charge in [0.25, 0.3) is 0 Å². The van der Waals surface area contributed by atoms with Crippen molar-refractivity contribution in [3.63, 3.8) is 0 Å². The zero-order valence-corrected chi connectivity index (χ0v) is 14.7. The molecule has 4 nitrogen and oxygen atoms in total. The Morgan fingerprint density at radius 1 is 1.39 bits per heavy atom. The summed E-state index contributed by atoms with van der Waals surface area (Å²) in [5.74, 6) is 0.594. The van der Waals surface area contributed by atoms with Crippen molar-refractivity contribution in [2.45, 2.75) is 77.4 Å². The molecule has 1 unspecified atom stereocenters. The molecule has 1 aromatic heterocycles. The number of aryl methyl sites for hydroxylation is 1. The Morgan fingerprint density at radius 3 is 2.74 bits per heavy atom. The fraction of sp³-hybridized carbons (Fsp3) is 0.684. The number of pyridine rings is 1. The molecule has 1 heterocycles. The van der Waals surface area contributed by atoms with E-state index in [-0.39, 0.29) is 12.1 Å². The second-order valence-electron chi connectivity index (χ2n) is 7.55. The predicted octanol–water partition coefficient (Wildman–Crippen LogP) is 4.49. The average Bonchev–Trinajstić information content (AvgIpc) is 2.99. The molecule has 1 saturated carbocycles. The number of rotatable bonds is 6. The van der Waals surface area contributed by atoms with Gasteiger partial charge in [-0.1, -0.05) is 18.9 Å². The van der Waals surface area contributed by atoms with E-state index in [0.29, 0.717) is 5.92 Å². The second kappa shape index (κ2) is 8.32. The molecule has 1 atom stereocenters. The number of alkyl carbamates (subject to hydrolysis) is 1. The molecule has 0 spiro atoms. The smallest absolute Gasteiger partial charge is 0.407 e. The van der Waals surface area contributed by atoms with E-state index in [1.165, 1.54) is 31.2 Å². The second-order valence-corrected chi connectivity index (χ2v) is 7.55. The first-order chi connectivity index (χ1) is 10.9. The Labute approximate surface area is 140 Å². The Hall–Kier alpha value is -1.58. The highest BCUT2D eigenvalue weighted by Gasteiger charge is 2.27. The van der Waals surface area contributed by atoms with Gasteiger partial charge in [-0.3, -0.25) is 4.98 Å². The van der Waals surface area contributed by atoms with Crippen molar-refractivity contribution in [3.8, 4) is 0 Å². The molecule has 0 saturated heterocycles. The number of carbonyl (C=O) groups excluding carboxylic acids is 1. The van der Waals surface area contributed by atoms with Crippen LogP contribution in [0.4, 0.5) is 4.79 Å². The molecule has 23 heavy (non-hydrogen) atoms. The van der Waals surface area contributed by atoms with Crippen LogP contribution in [0.2, 0.25) is 0 Å². The van der Waals surface area contributed by atoms with Crippen molar-refractivity contribution in [3.05, 3.63) is 30.1 Å². The summed E-state index contributed by atoms with van der Waals surface area (Å²) in [5.41, 5.74) is 0.815. The molecule has 1 fully saturated rings. The van der Waals surface area contributed by atoms with Crippen molar-refractivity contribution in [2.75, 3.05) is 0 Å². The molecule has 1 N–H and O–H groups in total. The minimum Gasteiger partial charge on any atom is -0.444 e. The molecule has 4 heteroatoms. The summed E-state index contributed by atoms with van der Waals surface area (Å²) in [6.07, 6.45) is 11.5. The molecule has 0 aromatic carbocycles. The maximum atomic E-state index is 12.1. The molecular formula is C19H30N2O2. The van der Waals surface area contributed by atoms with Gasteiger partial charge >= 0.3 is 6.09 Å². The largest absolute Gasteiger partial charge is 0.444 e. The number of aromatic nitrogens is 1. The quantitative estimate of drug-likeness (QED) is 0.841. The van der Waals surface area contributed by atoms with Gasteiger partial charge in [-0.2, -0.15) is 0 Å². The number of ether oxygens (including phenoxy) is 1. The van der Waals surface area contributed by atoms with Crippen LogP contribution in [-0.4, -0.2) is 22.7 Å². The standard InChI is InChI=1S/C19H30N2O2/c1-19(2,3)23-18(22)21-17(16-10-4-5-11-16)12-6-8-15-9-7-13-20-14-15/h7,9,13-14,16-17H,4-6,8,10-12H2,1-3H3,(H,21,22). The van der Waals surface area contributed by atoms with Crippen LogP contribution in [0.5, 0.6) is 0 Å².